The average Bonchev–Trinajstić information content (AvgIpc) is 3.13. The fourth-order valence-corrected chi connectivity index (χ4v) is 2.85. The van der Waals surface area contributed by atoms with Crippen molar-refractivity contribution in [1.29, 1.82) is 5.26 Å². The topological polar surface area (TPSA) is 70.2 Å². The highest BCUT2D eigenvalue weighted by atomic mass is 35.5. The van der Waals surface area contributed by atoms with Gasteiger partial charge in [-0.3, -0.25) is 4.79 Å². The summed E-state index contributed by atoms with van der Waals surface area (Å²) in [5.74, 6) is -0.329. The molecular weight excluding hydrogens is 300 g/mol. The number of nitrogens with zero attached hydrogens (tertiary/aromatic N) is 3. The first-order valence-electron chi connectivity index (χ1n) is 7.22. The van der Waals surface area contributed by atoms with Crippen molar-refractivity contribution < 1.29 is 4.79 Å². The summed E-state index contributed by atoms with van der Waals surface area (Å²) in [4.78, 5) is 16.5. The number of carbonyl (C=O) groups is 1. The van der Waals surface area contributed by atoms with Crippen LogP contribution in [-0.2, 0) is 4.79 Å². The van der Waals surface area contributed by atoms with E-state index in [1.807, 2.05) is 6.07 Å². The summed E-state index contributed by atoms with van der Waals surface area (Å²) >= 11 is 5.93. The third-order valence-electron chi connectivity index (χ3n) is 3.78. The molecule has 0 saturated heterocycles. The molecule has 1 amide bonds. The Morgan fingerprint density at radius 2 is 2.18 bits per heavy atom. The summed E-state index contributed by atoms with van der Waals surface area (Å²) < 4.78 is 1.76. The number of nitriles is 1. The van der Waals surface area contributed by atoms with Crippen LogP contribution in [0.2, 0.25) is 5.02 Å². The molecule has 3 rings (SSSR count). The molecule has 1 aliphatic rings. The Labute approximate surface area is 133 Å². The van der Waals surface area contributed by atoms with E-state index in [1.54, 1.807) is 28.9 Å². The zero-order chi connectivity index (χ0) is 15.5. The van der Waals surface area contributed by atoms with Crippen molar-refractivity contribution in [2.75, 3.05) is 0 Å². The van der Waals surface area contributed by atoms with Crippen LogP contribution in [-0.4, -0.2) is 21.3 Å². The summed E-state index contributed by atoms with van der Waals surface area (Å²) in [6.45, 7) is 0. The van der Waals surface area contributed by atoms with E-state index >= 15 is 0 Å². The summed E-state index contributed by atoms with van der Waals surface area (Å²) in [6.07, 6.45) is 9.20. The number of hydrogen-bond donors (Lipinski definition) is 1. The predicted octanol–water partition coefficient (Wildman–Crippen LogP) is 2.95. The number of imidazole rings is 1. The maximum Gasteiger partial charge on any atom is 0.262 e. The van der Waals surface area contributed by atoms with E-state index in [0.29, 0.717) is 16.4 Å². The molecule has 5 nitrogen and oxygen atoms in total. The monoisotopic (exact) mass is 314 g/mol. The zero-order valence-corrected chi connectivity index (χ0v) is 12.7. The Balaban J connectivity index is 1.82. The van der Waals surface area contributed by atoms with Crippen LogP contribution >= 0.6 is 11.6 Å². The number of amides is 1. The molecular formula is C16H15ClN4O. The number of pyridine rings is 1. The number of rotatable bonds is 3. The SMILES string of the molecule is N#C/C(=C\c1cn2cc(Cl)ccc2n1)C(=O)NC1CCCC1. The van der Waals surface area contributed by atoms with Crippen molar-refractivity contribution in [2.24, 2.45) is 0 Å². The van der Waals surface area contributed by atoms with E-state index in [-0.39, 0.29) is 17.5 Å². The van der Waals surface area contributed by atoms with Gasteiger partial charge in [0.1, 0.15) is 17.3 Å². The van der Waals surface area contributed by atoms with Gasteiger partial charge in [0.2, 0.25) is 0 Å². The summed E-state index contributed by atoms with van der Waals surface area (Å²) in [6, 6.07) is 5.67. The summed E-state index contributed by atoms with van der Waals surface area (Å²) in [5.41, 5.74) is 1.34. The third-order valence-corrected chi connectivity index (χ3v) is 4.00. The molecule has 2 aromatic heterocycles. The summed E-state index contributed by atoms with van der Waals surface area (Å²) in [7, 11) is 0. The van der Waals surface area contributed by atoms with Crippen LogP contribution in [0.25, 0.3) is 11.7 Å². The van der Waals surface area contributed by atoms with Gasteiger partial charge in [-0.25, -0.2) is 4.98 Å². The van der Waals surface area contributed by atoms with Crippen LogP contribution in [0.5, 0.6) is 0 Å². The molecule has 0 aromatic carbocycles. The fraction of sp³-hybridized carbons (Fsp3) is 0.312. The minimum atomic E-state index is -0.329. The first-order valence-corrected chi connectivity index (χ1v) is 7.60. The minimum Gasteiger partial charge on any atom is -0.349 e. The van der Waals surface area contributed by atoms with E-state index in [4.69, 9.17) is 11.6 Å². The van der Waals surface area contributed by atoms with Crippen molar-refractivity contribution in [3.8, 4) is 6.07 Å². The van der Waals surface area contributed by atoms with E-state index in [1.165, 1.54) is 6.08 Å². The quantitative estimate of drug-likeness (QED) is 0.699. The molecule has 2 aromatic rings. The Kier molecular flexibility index (Phi) is 4.12. The number of fused-ring (bicyclic) bond motifs is 1. The van der Waals surface area contributed by atoms with Gasteiger partial charge in [-0.1, -0.05) is 24.4 Å². The molecule has 1 aliphatic carbocycles. The molecule has 0 bridgehead atoms. The van der Waals surface area contributed by atoms with Crippen LogP contribution < -0.4 is 5.32 Å². The Morgan fingerprint density at radius 1 is 1.41 bits per heavy atom. The Morgan fingerprint density at radius 3 is 2.91 bits per heavy atom. The maximum atomic E-state index is 12.1. The van der Waals surface area contributed by atoms with Crippen LogP contribution in [0.1, 0.15) is 31.4 Å². The van der Waals surface area contributed by atoms with Gasteiger partial charge in [-0.15, -0.1) is 0 Å². The second kappa shape index (κ2) is 6.20. The third kappa shape index (κ3) is 3.12. The highest BCUT2D eigenvalue weighted by molar-refractivity contribution is 6.30. The van der Waals surface area contributed by atoms with Crippen molar-refractivity contribution in [1.82, 2.24) is 14.7 Å². The smallest absolute Gasteiger partial charge is 0.262 e. The van der Waals surface area contributed by atoms with E-state index in [9.17, 15) is 10.1 Å². The molecule has 6 heteroatoms. The van der Waals surface area contributed by atoms with E-state index in [0.717, 1.165) is 25.7 Å². The lowest BCUT2D eigenvalue weighted by Gasteiger charge is -2.10. The Bertz CT molecular complexity index is 781. The molecule has 1 fully saturated rings. The Hall–Kier alpha value is -2.32. The van der Waals surface area contributed by atoms with Gasteiger partial charge in [-0.05, 0) is 31.1 Å². The van der Waals surface area contributed by atoms with Gasteiger partial charge in [0.25, 0.3) is 5.91 Å². The van der Waals surface area contributed by atoms with Crippen LogP contribution in [0.3, 0.4) is 0 Å². The average molecular weight is 315 g/mol. The first-order chi connectivity index (χ1) is 10.7. The number of hydrogen-bond acceptors (Lipinski definition) is 3. The van der Waals surface area contributed by atoms with Crippen LogP contribution in [0.4, 0.5) is 0 Å². The van der Waals surface area contributed by atoms with Crippen molar-refractivity contribution >= 4 is 29.2 Å². The number of aromatic nitrogens is 2. The first kappa shape index (κ1) is 14.6. The van der Waals surface area contributed by atoms with Gasteiger partial charge in [0, 0.05) is 18.4 Å². The van der Waals surface area contributed by atoms with E-state index < -0.39 is 0 Å². The lowest BCUT2D eigenvalue weighted by molar-refractivity contribution is -0.117. The van der Waals surface area contributed by atoms with Gasteiger partial charge in [-0.2, -0.15) is 5.26 Å². The summed E-state index contributed by atoms with van der Waals surface area (Å²) in [5, 5.41) is 12.7. The lowest BCUT2D eigenvalue weighted by atomic mass is 10.2. The number of halogens is 1. The molecule has 0 radical (unpaired) electrons. The van der Waals surface area contributed by atoms with Crippen molar-refractivity contribution in [3.63, 3.8) is 0 Å². The normalized spacial score (nSPS) is 15.9. The number of carbonyl (C=O) groups excluding carboxylic acids is 1. The van der Waals surface area contributed by atoms with Crippen LogP contribution in [0.15, 0.2) is 30.1 Å². The van der Waals surface area contributed by atoms with Crippen molar-refractivity contribution in [2.45, 2.75) is 31.7 Å². The highest BCUT2D eigenvalue weighted by Gasteiger charge is 2.19. The van der Waals surface area contributed by atoms with Gasteiger partial charge < -0.3 is 9.72 Å². The van der Waals surface area contributed by atoms with Gasteiger partial charge >= 0.3 is 0 Å². The lowest BCUT2D eigenvalue weighted by Crippen LogP contribution is -2.33. The molecule has 1 saturated carbocycles. The molecule has 2 heterocycles. The standard InChI is InChI=1S/C16H15ClN4O/c17-12-5-6-15-19-14(10-21(15)9-12)7-11(8-18)16(22)20-13-3-1-2-4-13/h5-7,9-10,13H,1-4H2,(H,20,22)/b11-7+. The van der Waals surface area contributed by atoms with Crippen molar-refractivity contribution in [3.05, 3.63) is 40.8 Å². The fourth-order valence-electron chi connectivity index (χ4n) is 2.68. The molecule has 0 spiro atoms. The second-order valence-electron chi connectivity index (χ2n) is 5.40. The van der Waals surface area contributed by atoms with Gasteiger partial charge in [0.05, 0.1) is 10.7 Å². The largest absolute Gasteiger partial charge is 0.349 e. The zero-order valence-electron chi connectivity index (χ0n) is 11.9. The predicted molar refractivity (Wildman–Crippen MR) is 84.2 cm³/mol. The minimum absolute atomic E-state index is 0.0707. The number of nitrogens with one attached hydrogen (secondary N) is 1. The van der Waals surface area contributed by atoms with Crippen LogP contribution in [0, 0.1) is 11.3 Å². The molecule has 0 unspecified atom stereocenters. The maximum absolute atomic E-state index is 12.1. The molecule has 1 N–H and O–H groups in total. The molecule has 0 atom stereocenters. The highest BCUT2D eigenvalue weighted by Crippen LogP contribution is 2.18. The molecule has 112 valence electrons. The van der Waals surface area contributed by atoms with Gasteiger partial charge in [0.15, 0.2) is 0 Å². The molecule has 22 heavy (non-hydrogen) atoms. The van der Waals surface area contributed by atoms with E-state index in [2.05, 4.69) is 10.3 Å². The molecule has 0 aliphatic heterocycles. The second-order valence-corrected chi connectivity index (χ2v) is 5.84.